The van der Waals surface area contributed by atoms with E-state index in [1.54, 1.807) is 0 Å². The Hall–Kier alpha value is -0.610. The zero-order valence-corrected chi connectivity index (χ0v) is 10.9. The molecule has 1 fully saturated rings. The van der Waals surface area contributed by atoms with Crippen molar-refractivity contribution in [3.05, 3.63) is 0 Å². The van der Waals surface area contributed by atoms with E-state index in [2.05, 4.69) is 25.8 Å². The van der Waals surface area contributed by atoms with Gasteiger partial charge in [0.25, 0.3) is 0 Å². The van der Waals surface area contributed by atoms with Gasteiger partial charge in [0.2, 0.25) is 5.91 Å². The van der Waals surface area contributed by atoms with Crippen LogP contribution in [0.3, 0.4) is 0 Å². The van der Waals surface area contributed by atoms with E-state index in [1.807, 2.05) is 11.8 Å². The first kappa shape index (κ1) is 13.5. The zero-order chi connectivity index (χ0) is 12.3. The van der Waals surface area contributed by atoms with Gasteiger partial charge in [0.1, 0.15) is 0 Å². The third-order valence-electron chi connectivity index (χ3n) is 3.64. The molecule has 1 saturated heterocycles. The van der Waals surface area contributed by atoms with Crippen molar-refractivity contribution in [2.24, 2.45) is 11.7 Å². The molecule has 1 aliphatic heterocycles. The van der Waals surface area contributed by atoms with Crippen LogP contribution < -0.4 is 5.73 Å². The summed E-state index contributed by atoms with van der Waals surface area (Å²) in [5.41, 5.74) is 5.55. The van der Waals surface area contributed by atoms with Crippen molar-refractivity contribution in [2.45, 2.75) is 39.3 Å². The van der Waals surface area contributed by atoms with E-state index >= 15 is 0 Å². The molecule has 0 radical (unpaired) electrons. The highest BCUT2D eigenvalue weighted by atomic mass is 16.2. The highest BCUT2D eigenvalue weighted by Crippen LogP contribution is 2.15. The third-order valence-corrected chi connectivity index (χ3v) is 3.64. The van der Waals surface area contributed by atoms with Crippen LogP contribution in [0.4, 0.5) is 0 Å². The van der Waals surface area contributed by atoms with Gasteiger partial charge in [-0.05, 0) is 33.4 Å². The lowest BCUT2D eigenvalue weighted by Crippen LogP contribution is -2.56. The van der Waals surface area contributed by atoms with Crippen LogP contribution in [0.2, 0.25) is 0 Å². The fourth-order valence-corrected chi connectivity index (χ4v) is 2.12. The van der Waals surface area contributed by atoms with Crippen LogP contribution in [-0.2, 0) is 4.79 Å². The lowest BCUT2D eigenvalue weighted by atomic mass is 10.0. The molecule has 94 valence electrons. The van der Waals surface area contributed by atoms with Crippen LogP contribution in [0.1, 0.15) is 27.2 Å². The largest absolute Gasteiger partial charge is 0.340 e. The summed E-state index contributed by atoms with van der Waals surface area (Å²) < 4.78 is 0. The molecule has 3 atom stereocenters. The van der Waals surface area contributed by atoms with Gasteiger partial charge in [-0.1, -0.05) is 6.92 Å². The minimum atomic E-state index is 0.254. The molecule has 0 spiro atoms. The van der Waals surface area contributed by atoms with Crippen LogP contribution >= 0.6 is 0 Å². The van der Waals surface area contributed by atoms with Gasteiger partial charge >= 0.3 is 0 Å². The second-order valence-electron chi connectivity index (χ2n) is 5.21. The van der Waals surface area contributed by atoms with Crippen LogP contribution in [-0.4, -0.2) is 54.5 Å². The minimum absolute atomic E-state index is 0.254. The second kappa shape index (κ2) is 5.64. The van der Waals surface area contributed by atoms with Crippen molar-refractivity contribution in [1.82, 2.24) is 9.80 Å². The van der Waals surface area contributed by atoms with E-state index in [1.165, 1.54) is 0 Å². The summed E-state index contributed by atoms with van der Waals surface area (Å²) in [7, 11) is 2.12. The molecule has 1 amide bonds. The normalized spacial score (nSPS) is 29.2. The Kier molecular flexibility index (Phi) is 4.74. The van der Waals surface area contributed by atoms with Gasteiger partial charge in [0.05, 0.1) is 0 Å². The molecule has 0 aliphatic carbocycles. The van der Waals surface area contributed by atoms with E-state index in [0.717, 1.165) is 13.1 Å². The smallest absolute Gasteiger partial charge is 0.222 e. The van der Waals surface area contributed by atoms with Crippen molar-refractivity contribution in [2.75, 3.05) is 26.7 Å². The van der Waals surface area contributed by atoms with E-state index in [9.17, 15) is 4.79 Å². The molecule has 0 aromatic carbocycles. The average Bonchev–Trinajstić information content (AvgIpc) is 2.24. The average molecular weight is 227 g/mol. The molecular weight excluding hydrogens is 202 g/mol. The number of amides is 1. The first-order valence-electron chi connectivity index (χ1n) is 6.15. The number of rotatable bonds is 3. The molecule has 1 heterocycles. The monoisotopic (exact) mass is 227 g/mol. The molecule has 0 bridgehead atoms. The van der Waals surface area contributed by atoms with Gasteiger partial charge in [-0.2, -0.15) is 0 Å². The molecule has 3 unspecified atom stereocenters. The van der Waals surface area contributed by atoms with Gasteiger partial charge in [-0.15, -0.1) is 0 Å². The first-order chi connectivity index (χ1) is 7.45. The summed E-state index contributed by atoms with van der Waals surface area (Å²) in [6, 6.07) is 0.891. The Bertz CT molecular complexity index is 232. The van der Waals surface area contributed by atoms with Crippen molar-refractivity contribution < 1.29 is 4.79 Å². The lowest BCUT2D eigenvalue weighted by molar-refractivity contribution is -0.135. The van der Waals surface area contributed by atoms with Gasteiger partial charge < -0.3 is 10.6 Å². The van der Waals surface area contributed by atoms with Crippen LogP contribution in [0.25, 0.3) is 0 Å². The molecule has 16 heavy (non-hydrogen) atoms. The molecule has 4 heteroatoms. The topological polar surface area (TPSA) is 49.6 Å². The Morgan fingerprint density at radius 1 is 1.38 bits per heavy atom. The maximum absolute atomic E-state index is 12.0. The SMILES string of the molecule is CC(CN)CC(=O)N1CC(C)N(C)C(C)C1. The molecule has 1 aliphatic rings. The van der Waals surface area contributed by atoms with E-state index < -0.39 is 0 Å². The van der Waals surface area contributed by atoms with Gasteiger partial charge in [-0.25, -0.2) is 0 Å². The fourth-order valence-electron chi connectivity index (χ4n) is 2.12. The third kappa shape index (κ3) is 3.19. The minimum Gasteiger partial charge on any atom is -0.340 e. The number of nitrogens with two attached hydrogens (primary N) is 1. The van der Waals surface area contributed by atoms with Gasteiger partial charge in [-0.3, -0.25) is 9.69 Å². The fraction of sp³-hybridized carbons (Fsp3) is 0.917. The summed E-state index contributed by atoms with van der Waals surface area (Å²) in [5, 5.41) is 0. The predicted octanol–water partition coefficient (Wildman–Crippen LogP) is 0.522. The van der Waals surface area contributed by atoms with Gasteiger partial charge in [0, 0.05) is 31.6 Å². The molecule has 1 rings (SSSR count). The van der Waals surface area contributed by atoms with Crippen molar-refractivity contribution >= 4 is 5.91 Å². The van der Waals surface area contributed by atoms with Crippen molar-refractivity contribution in [3.63, 3.8) is 0 Å². The second-order valence-corrected chi connectivity index (χ2v) is 5.21. The maximum atomic E-state index is 12.0. The van der Waals surface area contributed by atoms with E-state index in [4.69, 9.17) is 5.73 Å². The molecule has 0 aromatic rings. The number of likely N-dealkylation sites (N-methyl/N-ethyl adjacent to an activating group) is 1. The summed E-state index contributed by atoms with van der Waals surface area (Å²) in [6.45, 7) is 8.64. The Balaban J connectivity index is 2.51. The molecule has 4 nitrogen and oxygen atoms in total. The van der Waals surface area contributed by atoms with Crippen molar-refractivity contribution in [3.8, 4) is 0 Å². The number of nitrogens with zero attached hydrogens (tertiary/aromatic N) is 2. The zero-order valence-electron chi connectivity index (χ0n) is 10.9. The lowest BCUT2D eigenvalue weighted by Gasteiger charge is -2.42. The van der Waals surface area contributed by atoms with Gasteiger partial charge in [0.15, 0.2) is 0 Å². The van der Waals surface area contributed by atoms with E-state index in [-0.39, 0.29) is 11.8 Å². The number of piperazine rings is 1. The molecule has 0 aromatic heterocycles. The predicted molar refractivity (Wildman–Crippen MR) is 66.1 cm³/mol. The Morgan fingerprint density at radius 2 is 1.88 bits per heavy atom. The van der Waals surface area contributed by atoms with E-state index in [0.29, 0.717) is 25.0 Å². The maximum Gasteiger partial charge on any atom is 0.222 e. The number of hydrogen-bond acceptors (Lipinski definition) is 3. The standard InChI is InChI=1S/C12H25N3O/c1-9(6-13)5-12(16)15-7-10(2)14(4)11(3)8-15/h9-11H,5-8,13H2,1-4H3. The quantitative estimate of drug-likeness (QED) is 0.765. The molecule has 0 saturated carbocycles. The number of hydrogen-bond donors (Lipinski definition) is 1. The summed E-state index contributed by atoms with van der Waals surface area (Å²) in [5.74, 6) is 0.544. The van der Waals surface area contributed by atoms with Crippen LogP contribution in [0.5, 0.6) is 0 Å². The van der Waals surface area contributed by atoms with Crippen LogP contribution in [0, 0.1) is 5.92 Å². The van der Waals surface area contributed by atoms with Crippen molar-refractivity contribution in [1.29, 1.82) is 0 Å². The Labute approximate surface area is 98.8 Å². The summed E-state index contributed by atoms with van der Waals surface area (Å²) in [4.78, 5) is 16.3. The molecule has 2 N–H and O–H groups in total. The number of carbonyl (C=O) groups excluding carboxylic acids is 1. The number of carbonyl (C=O) groups is 1. The molecular formula is C12H25N3O. The highest BCUT2D eigenvalue weighted by molar-refractivity contribution is 5.76. The summed E-state index contributed by atoms with van der Waals surface area (Å²) in [6.07, 6.45) is 0.583. The first-order valence-corrected chi connectivity index (χ1v) is 6.15. The summed E-state index contributed by atoms with van der Waals surface area (Å²) >= 11 is 0. The highest BCUT2D eigenvalue weighted by Gasteiger charge is 2.29. The van der Waals surface area contributed by atoms with Crippen LogP contribution in [0.15, 0.2) is 0 Å². The Morgan fingerprint density at radius 3 is 2.31 bits per heavy atom.